The molecule has 1 saturated carbocycles. The lowest BCUT2D eigenvalue weighted by molar-refractivity contribution is -0.647. The summed E-state index contributed by atoms with van der Waals surface area (Å²) in [7, 11) is 5.58. The quantitative estimate of drug-likeness (QED) is 0.578. The molecule has 1 saturated heterocycles. The van der Waals surface area contributed by atoms with Gasteiger partial charge in [0.1, 0.15) is 5.82 Å². The van der Waals surface area contributed by atoms with E-state index in [-0.39, 0.29) is 5.56 Å². The first-order chi connectivity index (χ1) is 16.1. The van der Waals surface area contributed by atoms with Crippen molar-refractivity contribution in [3.63, 3.8) is 0 Å². The summed E-state index contributed by atoms with van der Waals surface area (Å²) in [5, 5.41) is 3.36. The third-order valence-electron chi connectivity index (χ3n) is 7.26. The molecule has 9 heteroatoms. The van der Waals surface area contributed by atoms with Gasteiger partial charge in [-0.25, -0.2) is 4.57 Å². The van der Waals surface area contributed by atoms with Crippen LogP contribution in [-0.4, -0.2) is 52.8 Å². The van der Waals surface area contributed by atoms with Gasteiger partial charge >= 0.3 is 5.65 Å². The third kappa shape index (κ3) is 4.10. The van der Waals surface area contributed by atoms with E-state index in [0.717, 1.165) is 44.6 Å². The summed E-state index contributed by atoms with van der Waals surface area (Å²) < 4.78 is 9.70. The molecular formula is C24H34N7O2+. The van der Waals surface area contributed by atoms with E-state index in [9.17, 15) is 4.79 Å². The number of aromatic amines is 1. The topological polar surface area (TPSA) is 92.0 Å². The van der Waals surface area contributed by atoms with E-state index in [1.807, 2.05) is 37.1 Å². The van der Waals surface area contributed by atoms with Crippen molar-refractivity contribution in [3.05, 3.63) is 28.8 Å². The van der Waals surface area contributed by atoms with Gasteiger partial charge in [0.05, 0.1) is 25.8 Å². The van der Waals surface area contributed by atoms with Crippen molar-refractivity contribution in [2.75, 3.05) is 32.1 Å². The molecule has 2 N–H and O–H groups in total. The van der Waals surface area contributed by atoms with E-state index in [1.165, 1.54) is 19.3 Å². The van der Waals surface area contributed by atoms with Gasteiger partial charge in [0, 0.05) is 19.1 Å². The van der Waals surface area contributed by atoms with Crippen LogP contribution in [0.1, 0.15) is 51.0 Å². The fourth-order valence-electron chi connectivity index (χ4n) is 5.34. The zero-order valence-electron chi connectivity index (χ0n) is 19.8. The molecule has 0 amide bonds. The summed E-state index contributed by atoms with van der Waals surface area (Å²) in [6, 6.07) is 4.87. The molecule has 5 rings (SSSR count). The van der Waals surface area contributed by atoms with Gasteiger partial charge in [-0.05, 0) is 57.7 Å². The monoisotopic (exact) mass is 452 g/mol. The lowest BCUT2D eigenvalue weighted by Gasteiger charge is -2.32. The number of nitrogens with zero attached hydrogens (tertiary/aromatic N) is 5. The Morgan fingerprint density at radius 1 is 1.12 bits per heavy atom. The molecule has 2 fully saturated rings. The van der Waals surface area contributed by atoms with E-state index in [2.05, 4.69) is 19.8 Å². The lowest BCUT2D eigenvalue weighted by Crippen LogP contribution is -2.41. The molecule has 4 heterocycles. The molecular weight excluding hydrogens is 418 g/mol. The highest BCUT2D eigenvalue weighted by molar-refractivity contribution is 5.72. The van der Waals surface area contributed by atoms with Gasteiger partial charge in [-0.15, -0.1) is 0 Å². The van der Waals surface area contributed by atoms with Crippen molar-refractivity contribution in [3.8, 4) is 17.3 Å². The molecule has 3 aromatic rings. The predicted molar refractivity (Wildman–Crippen MR) is 128 cm³/mol. The summed E-state index contributed by atoms with van der Waals surface area (Å²) >= 11 is 0. The SMILES string of the molecule is CNC1CCN(c2ccc(-c3nc4c(c(=O)[nH]3)n(C3CCCCC3)c[n+]4C)c(OC)n2)CC1. The van der Waals surface area contributed by atoms with Crippen LogP contribution in [-0.2, 0) is 7.05 Å². The zero-order chi connectivity index (χ0) is 22.9. The summed E-state index contributed by atoms with van der Waals surface area (Å²) in [6.45, 7) is 1.90. The highest BCUT2D eigenvalue weighted by atomic mass is 16.5. The van der Waals surface area contributed by atoms with Crippen LogP contribution in [0.15, 0.2) is 23.3 Å². The highest BCUT2D eigenvalue weighted by Gasteiger charge is 2.28. The molecule has 0 spiro atoms. The smallest absolute Gasteiger partial charge is 0.309 e. The Hall–Kier alpha value is -2.94. The van der Waals surface area contributed by atoms with Gasteiger partial charge < -0.3 is 15.0 Å². The van der Waals surface area contributed by atoms with Crippen LogP contribution in [0.25, 0.3) is 22.6 Å². The van der Waals surface area contributed by atoms with Crippen molar-refractivity contribution in [1.82, 2.24) is 24.8 Å². The highest BCUT2D eigenvalue weighted by Crippen LogP contribution is 2.31. The number of methoxy groups -OCH3 is 1. The van der Waals surface area contributed by atoms with Gasteiger partial charge in [0.15, 0.2) is 6.33 Å². The van der Waals surface area contributed by atoms with Crippen LogP contribution in [0.5, 0.6) is 5.88 Å². The molecule has 9 nitrogen and oxygen atoms in total. The van der Waals surface area contributed by atoms with Crippen LogP contribution in [0, 0.1) is 0 Å². The standard InChI is InChI=1S/C24H33N7O2/c1-25-16-11-13-30(14-12-16)19-10-9-18(24(26-19)33-3)21-27-22-20(23(32)28-21)31(15-29(22)2)17-7-5-4-6-8-17/h9-10,15-17,25H,4-8,11-14H2,1-3H3/p+1. The molecule has 176 valence electrons. The van der Waals surface area contributed by atoms with Crippen molar-refractivity contribution < 1.29 is 9.30 Å². The summed E-state index contributed by atoms with van der Waals surface area (Å²) in [6.07, 6.45) is 10.1. The number of aromatic nitrogens is 5. The van der Waals surface area contributed by atoms with Crippen molar-refractivity contribution >= 4 is 17.0 Å². The van der Waals surface area contributed by atoms with E-state index >= 15 is 0 Å². The largest absolute Gasteiger partial charge is 0.480 e. The van der Waals surface area contributed by atoms with E-state index in [1.54, 1.807) is 7.11 Å². The number of anilines is 1. The van der Waals surface area contributed by atoms with Gasteiger partial charge in [0.2, 0.25) is 17.2 Å². The molecule has 0 aromatic carbocycles. The predicted octanol–water partition coefficient (Wildman–Crippen LogP) is 2.31. The van der Waals surface area contributed by atoms with Crippen molar-refractivity contribution in [2.24, 2.45) is 7.05 Å². The maximum absolute atomic E-state index is 13.2. The number of rotatable bonds is 5. The molecule has 0 radical (unpaired) electrons. The maximum Gasteiger partial charge on any atom is 0.309 e. The fraction of sp³-hybridized carbons (Fsp3) is 0.583. The van der Waals surface area contributed by atoms with E-state index in [0.29, 0.717) is 40.5 Å². The van der Waals surface area contributed by atoms with Crippen LogP contribution in [0.4, 0.5) is 5.82 Å². The van der Waals surface area contributed by atoms with Crippen molar-refractivity contribution in [2.45, 2.75) is 57.0 Å². The zero-order valence-corrected chi connectivity index (χ0v) is 19.8. The number of pyridine rings is 1. The number of aryl methyl sites for hydroxylation is 1. The Labute approximate surface area is 193 Å². The van der Waals surface area contributed by atoms with E-state index in [4.69, 9.17) is 14.7 Å². The Morgan fingerprint density at radius 3 is 2.58 bits per heavy atom. The first-order valence-corrected chi connectivity index (χ1v) is 12.1. The number of nitrogens with one attached hydrogen (secondary N) is 2. The van der Waals surface area contributed by atoms with Crippen LogP contribution in [0.2, 0.25) is 0 Å². The molecule has 1 aliphatic carbocycles. The Balaban J connectivity index is 1.50. The number of piperidine rings is 1. The minimum absolute atomic E-state index is 0.124. The van der Waals surface area contributed by atoms with Gasteiger partial charge in [-0.2, -0.15) is 4.98 Å². The second kappa shape index (κ2) is 9.13. The van der Waals surface area contributed by atoms with Crippen LogP contribution in [0.3, 0.4) is 0 Å². The first-order valence-electron chi connectivity index (χ1n) is 12.1. The summed E-state index contributed by atoms with van der Waals surface area (Å²) in [5.74, 6) is 1.84. The minimum atomic E-state index is -0.124. The normalized spacial score (nSPS) is 18.2. The van der Waals surface area contributed by atoms with Crippen molar-refractivity contribution in [1.29, 1.82) is 0 Å². The first kappa shape index (κ1) is 21.9. The lowest BCUT2D eigenvalue weighted by atomic mass is 9.95. The number of imidazole rings is 1. The molecule has 33 heavy (non-hydrogen) atoms. The summed E-state index contributed by atoms with van der Waals surface area (Å²) in [5.41, 5.74) is 1.89. The maximum atomic E-state index is 13.2. The van der Waals surface area contributed by atoms with Crippen LogP contribution < -0.4 is 25.1 Å². The van der Waals surface area contributed by atoms with E-state index < -0.39 is 0 Å². The molecule has 2 aliphatic rings. The third-order valence-corrected chi connectivity index (χ3v) is 7.26. The van der Waals surface area contributed by atoms with Gasteiger partial charge in [-0.3, -0.25) is 14.3 Å². The molecule has 0 unspecified atom stereocenters. The fourth-order valence-corrected chi connectivity index (χ4v) is 5.34. The van der Waals surface area contributed by atoms with Gasteiger partial charge in [0.25, 0.3) is 5.56 Å². The number of hydrogen-bond donors (Lipinski definition) is 2. The second-order valence-corrected chi connectivity index (χ2v) is 9.29. The van der Waals surface area contributed by atoms with Gasteiger partial charge in [-0.1, -0.05) is 11.4 Å². The molecule has 0 bridgehead atoms. The van der Waals surface area contributed by atoms with Crippen LogP contribution >= 0.6 is 0 Å². The Bertz CT molecular complexity index is 1190. The molecule has 3 aromatic heterocycles. The summed E-state index contributed by atoms with van der Waals surface area (Å²) in [4.78, 5) is 28.1. The Kier molecular flexibility index (Phi) is 6.05. The number of H-pyrrole nitrogens is 1. The Morgan fingerprint density at radius 2 is 1.88 bits per heavy atom. The average molecular weight is 453 g/mol. The molecule has 1 aliphatic heterocycles. The minimum Gasteiger partial charge on any atom is -0.480 e. The number of ether oxygens (including phenoxy) is 1. The molecule has 0 atom stereocenters. The number of fused-ring (bicyclic) bond motifs is 1. The number of hydrogen-bond acceptors (Lipinski definition) is 6. The average Bonchev–Trinajstić information content (AvgIpc) is 3.21. The second-order valence-electron chi connectivity index (χ2n) is 9.29.